The molecule has 3 heteroatoms. The maximum Gasteiger partial charge on any atom is 0.136 e. The number of fused-ring (bicyclic) bond motifs is 15. The first-order valence-corrected chi connectivity index (χ1v) is 17.7. The van der Waals surface area contributed by atoms with Crippen molar-refractivity contribution in [2.45, 2.75) is 5.41 Å². The van der Waals surface area contributed by atoms with Crippen molar-refractivity contribution in [3.63, 3.8) is 0 Å². The Morgan fingerprint density at radius 3 is 1.56 bits per heavy atom. The lowest BCUT2D eigenvalue weighted by Crippen LogP contribution is -2.32. The highest BCUT2D eigenvalue weighted by molar-refractivity contribution is 6.08. The van der Waals surface area contributed by atoms with Crippen molar-refractivity contribution in [2.24, 2.45) is 0 Å². The molecule has 0 radical (unpaired) electrons. The van der Waals surface area contributed by atoms with Gasteiger partial charge >= 0.3 is 0 Å². The Labute approximate surface area is 298 Å². The third kappa shape index (κ3) is 3.64. The Kier molecular flexibility index (Phi) is 5.43. The Balaban J connectivity index is 0.977. The highest BCUT2D eigenvalue weighted by Crippen LogP contribution is 2.62. The normalized spacial score (nSPS) is 13.7. The molecule has 0 atom stereocenters. The molecule has 2 aliphatic rings. The molecule has 10 aromatic rings. The van der Waals surface area contributed by atoms with Gasteiger partial charge in [0.25, 0.3) is 0 Å². The van der Waals surface area contributed by atoms with Gasteiger partial charge in [0, 0.05) is 32.7 Å². The lowest BCUT2D eigenvalue weighted by atomic mass is 9.66. The second-order valence-corrected chi connectivity index (χ2v) is 14.0. The lowest BCUT2D eigenvalue weighted by molar-refractivity contribution is 0.436. The van der Waals surface area contributed by atoms with Gasteiger partial charge in [0.2, 0.25) is 0 Å². The molecule has 0 unspecified atom stereocenters. The number of hydrogen-bond acceptors (Lipinski definition) is 3. The molecular weight excluding hydrogens is 637 g/mol. The summed E-state index contributed by atoms with van der Waals surface area (Å²) in [7, 11) is 0. The van der Waals surface area contributed by atoms with Crippen LogP contribution in [-0.2, 0) is 5.41 Å². The minimum atomic E-state index is -0.467. The summed E-state index contributed by atoms with van der Waals surface area (Å²) in [6, 6.07) is 60.5. The molecule has 1 aliphatic carbocycles. The second-order valence-electron chi connectivity index (χ2n) is 14.0. The van der Waals surface area contributed by atoms with Crippen molar-refractivity contribution < 1.29 is 13.6 Å². The summed E-state index contributed by atoms with van der Waals surface area (Å²) in [6.45, 7) is 0. The largest absolute Gasteiger partial charge is 0.457 e. The molecule has 3 heterocycles. The molecular formula is C49H28O3. The Hall–Kier alpha value is -6.84. The fourth-order valence-corrected chi connectivity index (χ4v) is 9.08. The zero-order chi connectivity index (χ0) is 34.0. The second kappa shape index (κ2) is 10.1. The minimum absolute atomic E-state index is 0.467. The van der Waals surface area contributed by atoms with Crippen LogP contribution in [0.2, 0.25) is 0 Å². The van der Waals surface area contributed by atoms with E-state index in [1.54, 1.807) is 0 Å². The highest BCUT2D eigenvalue weighted by Gasteiger charge is 2.50. The van der Waals surface area contributed by atoms with Gasteiger partial charge in [-0.3, -0.25) is 0 Å². The van der Waals surface area contributed by atoms with Gasteiger partial charge in [-0.15, -0.1) is 0 Å². The van der Waals surface area contributed by atoms with Crippen molar-refractivity contribution in [3.05, 3.63) is 192 Å². The van der Waals surface area contributed by atoms with E-state index in [4.69, 9.17) is 13.6 Å². The van der Waals surface area contributed by atoms with E-state index in [2.05, 4.69) is 158 Å². The number of hydrogen-bond donors (Lipinski definition) is 0. The van der Waals surface area contributed by atoms with Crippen molar-refractivity contribution in [1.29, 1.82) is 0 Å². The van der Waals surface area contributed by atoms with Crippen LogP contribution < -0.4 is 4.74 Å². The summed E-state index contributed by atoms with van der Waals surface area (Å²) in [5.41, 5.74) is 14.9. The maximum absolute atomic E-state index is 6.76. The summed E-state index contributed by atoms with van der Waals surface area (Å²) in [4.78, 5) is 0. The van der Waals surface area contributed by atoms with Crippen LogP contribution in [-0.4, -0.2) is 0 Å². The summed E-state index contributed by atoms with van der Waals surface area (Å²) in [5, 5.41) is 4.45. The monoisotopic (exact) mass is 664 g/mol. The molecule has 0 N–H and O–H groups in total. The smallest absolute Gasteiger partial charge is 0.136 e. The molecule has 0 saturated carbocycles. The lowest BCUT2D eigenvalue weighted by Gasteiger charge is -2.39. The standard InChI is InChI=1S/C49H28O3/c1-4-12-39-33(9-1)34-10-2-5-13-40(34)49(39)41-14-6-8-16-45(41)51-48-28-32(19-23-42(48)49)31-18-22-37-36-21-17-30(26-46(36)52-47(37)27-31)29-20-24-44-38(25-29)35-11-3-7-15-43(35)50-44/h1-28H. The molecule has 1 spiro atoms. The fraction of sp³-hybridized carbons (Fsp3) is 0.0204. The van der Waals surface area contributed by atoms with Crippen LogP contribution in [0.1, 0.15) is 22.3 Å². The quantitative estimate of drug-likeness (QED) is 0.184. The van der Waals surface area contributed by atoms with Crippen LogP contribution in [0.25, 0.3) is 77.3 Å². The highest BCUT2D eigenvalue weighted by atomic mass is 16.5. The summed E-state index contributed by atoms with van der Waals surface area (Å²) in [5.74, 6) is 1.77. The van der Waals surface area contributed by atoms with E-state index in [0.717, 1.165) is 83.2 Å². The summed E-state index contributed by atoms with van der Waals surface area (Å²) in [6.07, 6.45) is 0. The van der Waals surface area contributed by atoms with Gasteiger partial charge in [0.15, 0.2) is 0 Å². The Morgan fingerprint density at radius 2 is 0.808 bits per heavy atom. The summed E-state index contributed by atoms with van der Waals surface area (Å²) >= 11 is 0. The van der Waals surface area contributed by atoms with E-state index in [0.29, 0.717) is 0 Å². The summed E-state index contributed by atoms with van der Waals surface area (Å²) < 4.78 is 19.4. The van der Waals surface area contributed by atoms with Gasteiger partial charge in [-0.05, 0) is 99.1 Å². The number of rotatable bonds is 2. The molecule has 8 aromatic carbocycles. The van der Waals surface area contributed by atoms with Crippen molar-refractivity contribution in [3.8, 4) is 44.9 Å². The molecule has 12 rings (SSSR count). The SMILES string of the molecule is c1ccc2c(c1)Oc1cc(-c3ccc4c(c3)oc3cc(-c5ccc6oc7ccccc7c6c5)ccc34)ccc1C21c2ccccc2-c2ccccc21. The first kappa shape index (κ1) is 27.9. The van der Waals surface area contributed by atoms with E-state index < -0.39 is 5.41 Å². The fourth-order valence-electron chi connectivity index (χ4n) is 9.08. The van der Waals surface area contributed by atoms with E-state index in [1.165, 1.54) is 27.8 Å². The van der Waals surface area contributed by atoms with Gasteiger partial charge in [-0.1, -0.05) is 115 Å². The van der Waals surface area contributed by atoms with Crippen molar-refractivity contribution in [2.75, 3.05) is 0 Å². The average molecular weight is 665 g/mol. The number of furan rings is 2. The van der Waals surface area contributed by atoms with Crippen LogP contribution in [0.5, 0.6) is 11.5 Å². The molecule has 242 valence electrons. The van der Waals surface area contributed by atoms with E-state index >= 15 is 0 Å². The third-order valence-electron chi connectivity index (χ3n) is 11.4. The van der Waals surface area contributed by atoms with Crippen molar-refractivity contribution in [1.82, 2.24) is 0 Å². The molecule has 0 fully saturated rings. The van der Waals surface area contributed by atoms with Gasteiger partial charge in [-0.2, -0.15) is 0 Å². The van der Waals surface area contributed by atoms with Gasteiger partial charge < -0.3 is 13.6 Å². The predicted octanol–water partition coefficient (Wildman–Crippen LogP) is 13.3. The molecule has 3 nitrogen and oxygen atoms in total. The number of ether oxygens (including phenoxy) is 1. The third-order valence-corrected chi connectivity index (χ3v) is 11.4. The Bertz CT molecular complexity index is 3070. The predicted molar refractivity (Wildman–Crippen MR) is 209 cm³/mol. The van der Waals surface area contributed by atoms with Crippen LogP contribution in [0, 0.1) is 0 Å². The van der Waals surface area contributed by atoms with Crippen LogP contribution in [0.3, 0.4) is 0 Å². The van der Waals surface area contributed by atoms with Crippen LogP contribution >= 0.6 is 0 Å². The zero-order valence-corrected chi connectivity index (χ0v) is 27.9. The molecule has 52 heavy (non-hydrogen) atoms. The first-order valence-electron chi connectivity index (χ1n) is 17.7. The molecule has 2 aromatic heterocycles. The molecule has 1 aliphatic heterocycles. The van der Waals surface area contributed by atoms with Gasteiger partial charge in [-0.25, -0.2) is 0 Å². The average Bonchev–Trinajstić information content (AvgIpc) is 3.85. The topological polar surface area (TPSA) is 35.5 Å². The van der Waals surface area contributed by atoms with E-state index in [1.807, 2.05) is 12.1 Å². The molecule has 0 bridgehead atoms. The first-order chi connectivity index (χ1) is 25.7. The van der Waals surface area contributed by atoms with Crippen LogP contribution in [0.4, 0.5) is 0 Å². The zero-order valence-electron chi connectivity index (χ0n) is 27.9. The van der Waals surface area contributed by atoms with E-state index in [9.17, 15) is 0 Å². The van der Waals surface area contributed by atoms with Crippen molar-refractivity contribution >= 4 is 43.9 Å². The van der Waals surface area contributed by atoms with E-state index in [-0.39, 0.29) is 0 Å². The molecule has 0 amide bonds. The van der Waals surface area contributed by atoms with Gasteiger partial charge in [0.05, 0.1) is 5.41 Å². The maximum atomic E-state index is 6.76. The number of para-hydroxylation sites is 2. The number of benzene rings is 8. The Morgan fingerprint density at radius 1 is 0.308 bits per heavy atom. The van der Waals surface area contributed by atoms with Crippen LogP contribution in [0.15, 0.2) is 179 Å². The molecule has 0 saturated heterocycles. The van der Waals surface area contributed by atoms with Gasteiger partial charge in [0.1, 0.15) is 33.8 Å². The minimum Gasteiger partial charge on any atom is -0.457 e.